The van der Waals surface area contributed by atoms with Crippen molar-refractivity contribution >= 4 is 23.5 Å². The Balaban J connectivity index is 0.000000368. The van der Waals surface area contributed by atoms with Crippen LogP contribution in [0.4, 0.5) is 5.95 Å². The highest BCUT2D eigenvalue weighted by atomic mass is 16.5. The van der Waals surface area contributed by atoms with Crippen molar-refractivity contribution in [1.82, 2.24) is 24.4 Å². The van der Waals surface area contributed by atoms with Crippen LogP contribution in [0.1, 0.15) is 12.6 Å². The van der Waals surface area contributed by atoms with Crippen LogP contribution in [0.3, 0.4) is 0 Å². The third kappa shape index (κ3) is 3.69. The number of H-pyrrole nitrogens is 1. The average Bonchev–Trinajstić information content (AvgIpc) is 3.11. The highest BCUT2D eigenvalue weighted by molar-refractivity contribution is 5.70. The summed E-state index contributed by atoms with van der Waals surface area (Å²) in [6.07, 6.45) is 0.980. The van der Waals surface area contributed by atoms with E-state index in [9.17, 15) is 9.90 Å². The Kier molecular flexibility index (Phi) is 5.49. The molecule has 0 amide bonds. The minimum absolute atomic E-state index is 0.0171. The second kappa shape index (κ2) is 7.38. The Morgan fingerprint density at radius 3 is 2.83 bits per heavy atom. The molecule has 0 aromatic carbocycles. The number of ether oxygens (including phenoxy) is 1. The Bertz CT molecular complexity index is 756. The zero-order valence-electron chi connectivity index (χ0n) is 13.4. The molecule has 1 saturated heterocycles. The number of nitrogens with one attached hydrogen (secondary N) is 2. The normalized spacial score (nSPS) is 22.9. The van der Waals surface area contributed by atoms with E-state index in [1.54, 1.807) is 4.90 Å². The number of aliphatic hydroxyl groups is 2. The first-order valence-electron chi connectivity index (χ1n) is 7.21. The molecule has 0 spiro atoms. The lowest BCUT2D eigenvalue weighted by atomic mass is 10.2. The van der Waals surface area contributed by atoms with Gasteiger partial charge in [0.05, 0.1) is 25.4 Å². The molecular formula is C13H21N7O4. The number of anilines is 1. The van der Waals surface area contributed by atoms with E-state index in [-0.39, 0.29) is 30.1 Å². The number of nitrogen functional groups attached to an aromatic ring is 1. The molecule has 0 saturated carbocycles. The van der Waals surface area contributed by atoms with Crippen LogP contribution < -0.4 is 11.3 Å². The van der Waals surface area contributed by atoms with Crippen molar-refractivity contribution in [2.45, 2.75) is 24.9 Å². The predicted octanol–water partition coefficient (Wildman–Crippen LogP) is -1.50. The summed E-state index contributed by atoms with van der Waals surface area (Å²) in [7, 11) is 3.62. The fourth-order valence-corrected chi connectivity index (χ4v) is 2.20. The number of hydrogen-bond acceptors (Lipinski definition) is 8. The summed E-state index contributed by atoms with van der Waals surface area (Å²) in [4.78, 5) is 23.6. The van der Waals surface area contributed by atoms with E-state index in [0.717, 1.165) is 0 Å². The lowest BCUT2D eigenvalue weighted by Crippen LogP contribution is -2.24. The van der Waals surface area contributed by atoms with E-state index in [4.69, 9.17) is 21.0 Å². The molecule has 3 atom stereocenters. The van der Waals surface area contributed by atoms with Crippen LogP contribution in [0, 0.1) is 5.41 Å². The first kappa shape index (κ1) is 17.8. The highest BCUT2D eigenvalue weighted by Gasteiger charge is 2.35. The summed E-state index contributed by atoms with van der Waals surface area (Å²) >= 11 is 0. The second-order valence-corrected chi connectivity index (χ2v) is 5.48. The molecule has 1 aliphatic heterocycles. The molecule has 11 nitrogen and oxygen atoms in total. The first-order chi connectivity index (χ1) is 11.4. The van der Waals surface area contributed by atoms with Gasteiger partial charge in [0.2, 0.25) is 5.95 Å². The van der Waals surface area contributed by atoms with Gasteiger partial charge in [-0.15, -0.1) is 0 Å². The zero-order chi connectivity index (χ0) is 17.9. The number of aliphatic hydroxyl groups excluding tert-OH is 2. The lowest BCUT2D eigenvalue weighted by Gasteiger charge is -2.13. The largest absolute Gasteiger partial charge is 0.394 e. The minimum Gasteiger partial charge on any atom is -0.394 e. The molecule has 24 heavy (non-hydrogen) atoms. The van der Waals surface area contributed by atoms with E-state index >= 15 is 0 Å². The lowest BCUT2D eigenvalue weighted by molar-refractivity contribution is -0.0432. The molecule has 3 heterocycles. The van der Waals surface area contributed by atoms with Crippen LogP contribution in [0.25, 0.3) is 11.2 Å². The van der Waals surface area contributed by atoms with Gasteiger partial charge < -0.3 is 25.6 Å². The minimum atomic E-state index is -0.771. The van der Waals surface area contributed by atoms with E-state index < -0.39 is 24.0 Å². The molecular weight excluding hydrogens is 318 g/mol. The monoisotopic (exact) mass is 339 g/mol. The predicted molar refractivity (Wildman–Crippen MR) is 86.7 cm³/mol. The molecule has 1 aliphatic rings. The van der Waals surface area contributed by atoms with E-state index in [1.165, 1.54) is 17.2 Å². The topological polar surface area (TPSA) is 166 Å². The standard InChI is InChI=1S/C10H13N5O4.C3H8N2/c11-10-13-8-7(9(18)14-10)12-3-15(8)6-1-4(17)5(2-16)19-6;1-5(2)3-4/h3-6,16-17H,1-2H2,(H3,11,13,14,18);3-4H,1-2H3/t4-,5+,6+;/m0./s1. The summed E-state index contributed by atoms with van der Waals surface area (Å²) in [5.74, 6) is -0.0171. The van der Waals surface area contributed by atoms with Gasteiger partial charge in [0.25, 0.3) is 5.56 Å². The van der Waals surface area contributed by atoms with Gasteiger partial charge in [0, 0.05) is 20.5 Å². The molecule has 3 rings (SSSR count). The molecule has 0 bridgehead atoms. The van der Waals surface area contributed by atoms with Crippen molar-refractivity contribution < 1.29 is 14.9 Å². The van der Waals surface area contributed by atoms with Crippen LogP contribution >= 0.6 is 0 Å². The van der Waals surface area contributed by atoms with E-state index in [2.05, 4.69) is 15.0 Å². The van der Waals surface area contributed by atoms with Crippen molar-refractivity contribution in [2.75, 3.05) is 26.4 Å². The Labute approximate surface area is 137 Å². The maximum Gasteiger partial charge on any atom is 0.280 e. The highest BCUT2D eigenvalue weighted by Crippen LogP contribution is 2.30. The number of aromatic nitrogens is 4. The van der Waals surface area contributed by atoms with E-state index in [0.29, 0.717) is 0 Å². The van der Waals surface area contributed by atoms with Crippen molar-refractivity contribution in [1.29, 1.82) is 5.41 Å². The van der Waals surface area contributed by atoms with Crippen LogP contribution in [0.5, 0.6) is 0 Å². The number of nitrogens with two attached hydrogens (primary N) is 1. The molecule has 6 N–H and O–H groups in total. The van der Waals surface area contributed by atoms with E-state index in [1.807, 2.05) is 14.1 Å². The molecule has 0 aliphatic carbocycles. The van der Waals surface area contributed by atoms with Crippen molar-refractivity contribution in [3.8, 4) is 0 Å². The van der Waals surface area contributed by atoms with Crippen LogP contribution in [-0.2, 0) is 4.74 Å². The van der Waals surface area contributed by atoms with Gasteiger partial charge in [-0.3, -0.25) is 19.8 Å². The van der Waals surface area contributed by atoms with Crippen LogP contribution in [0.15, 0.2) is 11.1 Å². The molecule has 2 aromatic heterocycles. The molecule has 132 valence electrons. The van der Waals surface area contributed by atoms with Gasteiger partial charge in [-0.1, -0.05) is 0 Å². The number of rotatable bonds is 3. The number of aromatic amines is 1. The SMILES string of the molecule is CN(C)C=N.Nc1nc2c(ncn2[C@H]2C[C@H](O)[C@@H](CO)O2)c(=O)[nH]1. The Hall–Kier alpha value is -2.50. The van der Waals surface area contributed by atoms with Crippen molar-refractivity contribution in [2.24, 2.45) is 0 Å². The molecule has 0 unspecified atom stereocenters. The Morgan fingerprint density at radius 2 is 2.29 bits per heavy atom. The average molecular weight is 339 g/mol. The first-order valence-corrected chi connectivity index (χ1v) is 7.21. The van der Waals surface area contributed by atoms with Crippen molar-refractivity contribution in [3.05, 3.63) is 16.7 Å². The van der Waals surface area contributed by atoms with Gasteiger partial charge in [0.1, 0.15) is 12.3 Å². The third-order valence-corrected chi connectivity index (χ3v) is 3.40. The maximum absolute atomic E-state index is 11.6. The Morgan fingerprint density at radius 1 is 1.62 bits per heavy atom. The third-order valence-electron chi connectivity index (χ3n) is 3.40. The summed E-state index contributed by atoms with van der Waals surface area (Å²) in [6.45, 7) is -0.277. The van der Waals surface area contributed by atoms with Gasteiger partial charge >= 0.3 is 0 Å². The molecule has 11 heteroatoms. The molecule has 0 radical (unpaired) electrons. The van der Waals surface area contributed by atoms with Gasteiger partial charge in [-0.2, -0.15) is 4.98 Å². The zero-order valence-corrected chi connectivity index (χ0v) is 13.4. The van der Waals surface area contributed by atoms with Gasteiger partial charge in [0.15, 0.2) is 11.2 Å². The summed E-state index contributed by atoms with van der Waals surface area (Å²) in [5.41, 5.74) is 5.50. The summed E-state index contributed by atoms with van der Waals surface area (Å²) in [6, 6.07) is 0. The molecule has 1 fully saturated rings. The maximum atomic E-state index is 11.6. The number of nitrogens with zero attached hydrogens (tertiary/aromatic N) is 4. The number of fused-ring (bicyclic) bond motifs is 1. The fourth-order valence-electron chi connectivity index (χ4n) is 2.20. The summed E-state index contributed by atoms with van der Waals surface area (Å²) in [5, 5.41) is 25.2. The summed E-state index contributed by atoms with van der Waals surface area (Å²) < 4.78 is 7.01. The second-order valence-electron chi connectivity index (χ2n) is 5.48. The number of hydrogen-bond donors (Lipinski definition) is 5. The van der Waals surface area contributed by atoms with Crippen LogP contribution in [0.2, 0.25) is 0 Å². The van der Waals surface area contributed by atoms with Gasteiger partial charge in [-0.05, 0) is 0 Å². The van der Waals surface area contributed by atoms with Crippen molar-refractivity contribution in [3.63, 3.8) is 0 Å². The molecule has 2 aromatic rings. The quantitative estimate of drug-likeness (QED) is 0.332. The fraction of sp³-hybridized carbons (Fsp3) is 0.538. The number of imidazole rings is 1. The smallest absolute Gasteiger partial charge is 0.280 e. The van der Waals surface area contributed by atoms with Gasteiger partial charge in [-0.25, -0.2) is 4.98 Å². The van der Waals surface area contributed by atoms with Crippen LogP contribution in [-0.4, -0.2) is 73.9 Å².